The summed E-state index contributed by atoms with van der Waals surface area (Å²) in [5.41, 5.74) is 1.74. The number of hydrogen-bond acceptors (Lipinski definition) is 9. The van der Waals surface area contributed by atoms with E-state index in [1.165, 1.54) is 33.0 Å². The molecular formula is C39H40N2O9. The molecule has 1 aromatic heterocycles. The lowest BCUT2D eigenvalue weighted by atomic mass is 9.95. The van der Waals surface area contributed by atoms with Crippen LogP contribution in [0.5, 0.6) is 23.0 Å². The lowest BCUT2D eigenvalue weighted by Crippen LogP contribution is -2.32. The molecule has 0 aliphatic heterocycles. The fraction of sp³-hybridized carbons (Fsp3) is 0.256. The second-order valence-corrected chi connectivity index (χ2v) is 12.2. The maximum Gasteiger partial charge on any atom is 0.407 e. The zero-order valence-corrected chi connectivity index (χ0v) is 29.1. The van der Waals surface area contributed by atoms with Gasteiger partial charge in [-0.1, -0.05) is 54.6 Å². The molecule has 0 radical (unpaired) electrons. The van der Waals surface area contributed by atoms with Gasteiger partial charge >= 0.3 is 12.1 Å². The lowest BCUT2D eigenvalue weighted by Gasteiger charge is -2.22. The van der Waals surface area contributed by atoms with Gasteiger partial charge in [-0.05, 0) is 67.8 Å². The van der Waals surface area contributed by atoms with E-state index in [1.807, 2.05) is 30.3 Å². The van der Waals surface area contributed by atoms with Gasteiger partial charge in [0, 0.05) is 23.2 Å². The van der Waals surface area contributed by atoms with E-state index in [2.05, 4.69) is 5.32 Å². The molecule has 0 aliphatic rings. The topological polar surface area (TPSA) is 124 Å². The molecule has 0 aliphatic carbocycles. The van der Waals surface area contributed by atoms with Crippen LogP contribution in [-0.4, -0.2) is 50.7 Å². The maximum absolute atomic E-state index is 14.7. The summed E-state index contributed by atoms with van der Waals surface area (Å²) in [5, 5.41) is 3.43. The Balaban J connectivity index is 1.76. The lowest BCUT2D eigenvalue weighted by molar-refractivity contribution is 0.0522. The fourth-order valence-electron chi connectivity index (χ4n) is 5.57. The third-order valence-corrected chi connectivity index (χ3v) is 7.77. The van der Waals surface area contributed by atoms with Gasteiger partial charge in [-0.3, -0.25) is 9.36 Å². The van der Waals surface area contributed by atoms with Gasteiger partial charge in [-0.2, -0.15) is 0 Å². The highest BCUT2D eigenvalue weighted by Gasteiger charge is 2.28. The molecule has 4 aromatic carbocycles. The van der Waals surface area contributed by atoms with Crippen molar-refractivity contribution >= 4 is 22.8 Å². The quantitative estimate of drug-likeness (QED) is 0.146. The molecule has 1 amide bonds. The predicted molar refractivity (Wildman–Crippen MR) is 190 cm³/mol. The molecule has 0 saturated carbocycles. The summed E-state index contributed by atoms with van der Waals surface area (Å²) in [6.45, 7) is 5.74. The third-order valence-electron chi connectivity index (χ3n) is 7.77. The van der Waals surface area contributed by atoms with E-state index < -0.39 is 23.2 Å². The minimum atomic E-state index is -0.751. The first-order valence-corrected chi connectivity index (χ1v) is 15.8. The smallest absolute Gasteiger partial charge is 0.407 e. The number of esters is 1. The molecule has 0 unspecified atom stereocenters. The Kier molecular flexibility index (Phi) is 10.6. The van der Waals surface area contributed by atoms with E-state index in [0.717, 1.165) is 11.1 Å². The molecule has 5 rings (SSSR count). The van der Waals surface area contributed by atoms with Crippen molar-refractivity contribution in [3.63, 3.8) is 0 Å². The van der Waals surface area contributed by atoms with Gasteiger partial charge in [0.2, 0.25) is 5.75 Å². The number of carbonyl (C=O) groups excluding carboxylic acids is 2. The van der Waals surface area contributed by atoms with Crippen molar-refractivity contribution < 1.29 is 38.0 Å². The number of methoxy groups -OCH3 is 4. The zero-order chi connectivity index (χ0) is 36.0. The van der Waals surface area contributed by atoms with Crippen molar-refractivity contribution in [1.29, 1.82) is 0 Å². The van der Waals surface area contributed by atoms with E-state index >= 15 is 0 Å². The number of amides is 1. The van der Waals surface area contributed by atoms with Gasteiger partial charge in [0.25, 0.3) is 5.56 Å². The molecule has 11 heteroatoms. The van der Waals surface area contributed by atoms with Gasteiger partial charge in [0.05, 0.1) is 33.8 Å². The van der Waals surface area contributed by atoms with Gasteiger partial charge < -0.3 is 33.7 Å². The first-order chi connectivity index (χ1) is 24.0. The van der Waals surface area contributed by atoms with Crippen molar-refractivity contribution in [2.45, 2.75) is 39.5 Å². The van der Waals surface area contributed by atoms with E-state index in [1.54, 1.807) is 75.4 Å². The normalized spacial score (nSPS) is 11.1. The predicted octanol–water partition coefficient (Wildman–Crippen LogP) is 7.07. The van der Waals surface area contributed by atoms with Crippen LogP contribution in [0.3, 0.4) is 0 Å². The highest BCUT2D eigenvalue weighted by molar-refractivity contribution is 6.09. The standard InChI is InChI=1S/C39H40N2O9/c1-39(2,3)50-38(44)40-22-24-16-18-27(19-17-24)41-34(37(43)48-7)32(26-20-30(45-4)35(47-6)31(21-26)46-5)28-14-11-15-29(33(28)36(41)42)49-23-25-12-9-8-10-13-25/h8-21H,22-23H2,1-7H3,(H,40,44). The molecule has 0 bridgehead atoms. The highest BCUT2D eigenvalue weighted by atomic mass is 16.6. The van der Waals surface area contributed by atoms with Crippen molar-refractivity contribution in [3.8, 4) is 39.8 Å². The Hall–Kier alpha value is -5.97. The van der Waals surface area contributed by atoms with E-state index in [4.69, 9.17) is 28.4 Å². The minimum absolute atomic E-state index is 0.0286. The molecule has 50 heavy (non-hydrogen) atoms. The second kappa shape index (κ2) is 15.1. The number of hydrogen-bond donors (Lipinski definition) is 1. The first-order valence-electron chi connectivity index (χ1n) is 15.8. The molecule has 1 N–H and O–H groups in total. The van der Waals surface area contributed by atoms with Crippen LogP contribution in [-0.2, 0) is 22.6 Å². The Morgan fingerprint density at radius 3 is 2.00 bits per heavy atom. The van der Waals surface area contributed by atoms with Gasteiger partial charge in [0.15, 0.2) is 11.5 Å². The average molecular weight is 681 g/mol. The first kappa shape index (κ1) is 35.3. The Labute approximate surface area is 290 Å². The summed E-state index contributed by atoms with van der Waals surface area (Å²) in [5.74, 6) is 0.634. The number of ether oxygens (including phenoxy) is 6. The Morgan fingerprint density at radius 2 is 1.42 bits per heavy atom. The third kappa shape index (κ3) is 7.52. The molecule has 0 spiro atoms. The number of benzene rings is 4. The van der Waals surface area contributed by atoms with Crippen molar-refractivity contribution in [2.75, 3.05) is 28.4 Å². The average Bonchev–Trinajstić information content (AvgIpc) is 3.11. The van der Waals surface area contributed by atoms with Crippen molar-refractivity contribution in [2.24, 2.45) is 0 Å². The number of aromatic nitrogens is 1. The molecule has 0 fully saturated rings. The summed E-state index contributed by atoms with van der Waals surface area (Å²) in [6.07, 6.45) is -0.557. The van der Waals surface area contributed by atoms with Crippen LogP contribution in [0.25, 0.3) is 27.6 Å². The largest absolute Gasteiger partial charge is 0.493 e. The van der Waals surface area contributed by atoms with Gasteiger partial charge in [0.1, 0.15) is 23.7 Å². The SMILES string of the molecule is COC(=O)c1c(-c2cc(OC)c(OC)c(OC)c2)c2cccc(OCc3ccccc3)c2c(=O)n1-c1ccc(CNC(=O)OC(C)(C)C)cc1. The summed E-state index contributed by atoms with van der Waals surface area (Å²) < 4.78 is 35.1. The molecule has 11 nitrogen and oxygen atoms in total. The number of nitrogens with one attached hydrogen (secondary N) is 1. The molecular weight excluding hydrogens is 640 g/mol. The Morgan fingerprint density at radius 1 is 0.760 bits per heavy atom. The molecule has 0 saturated heterocycles. The summed E-state index contributed by atoms with van der Waals surface area (Å²) in [7, 11) is 5.75. The summed E-state index contributed by atoms with van der Waals surface area (Å²) in [6, 6.07) is 25.1. The highest BCUT2D eigenvalue weighted by Crippen LogP contribution is 2.44. The van der Waals surface area contributed by atoms with Crippen molar-refractivity contribution in [3.05, 3.63) is 112 Å². The molecule has 5 aromatic rings. The van der Waals surface area contributed by atoms with Crippen molar-refractivity contribution in [1.82, 2.24) is 9.88 Å². The van der Waals surface area contributed by atoms with E-state index in [-0.39, 0.29) is 24.2 Å². The van der Waals surface area contributed by atoms with Crippen LogP contribution in [0.1, 0.15) is 42.4 Å². The van der Waals surface area contributed by atoms with Crippen LogP contribution in [0, 0.1) is 0 Å². The van der Waals surface area contributed by atoms with E-state index in [9.17, 15) is 14.4 Å². The van der Waals surface area contributed by atoms with Crippen LogP contribution < -0.4 is 29.8 Å². The molecule has 0 atom stereocenters. The zero-order valence-electron chi connectivity index (χ0n) is 29.1. The number of alkyl carbamates (subject to hydrolysis) is 1. The summed E-state index contributed by atoms with van der Waals surface area (Å²) in [4.78, 5) is 40.8. The number of nitrogens with zero attached hydrogens (tertiary/aromatic N) is 1. The van der Waals surface area contributed by atoms with Gasteiger partial charge in [-0.25, -0.2) is 9.59 Å². The molecule has 260 valence electrons. The number of carbonyl (C=O) groups is 2. The van der Waals surface area contributed by atoms with Crippen LogP contribution in [0.2, 0.25) is 0 Å². The van der Waals surface area contributed by atoms with Crippen LogP contribution >= 0.6 is 0 Å². The number of rotatable bonds is 11. The number of pyridine rings is 1. The fourth-order valence-corrected chi connectivity index (χ4v) is 5.57. The second-order valence-electron chi connectivity index (χ2n) is 12.2. The summed E-state index contributed by atoms with van der Waals surface area (Å²) >= 11 is 0. The molecule has 1 heterocycles. The Bertz CT molecular complexity index is 2040. The van der Waals surface area contributed by atoms with Crippen LogP contribution in [0.4, 0.5) is 4.79 Å². The van der Waals surface area contributed by atoms with Crippen LogP contribution in [0.15, 0.2) is 89.7 Å². The van der Waals surface area contributed by atoms with Gasteiger partial charge in [-0.15, -0.1) is 0 Å². The monoisotopic (exact) mass is 680 g/mol. The number of fused-ring (bicyclic) bond motifs is 1. The maximum atomic E-state index is 14.7. The minimum Gasteiger partial charge on any atom is -0.493 e. The van der Waals surface area contributed by atoms with E-state index in [0.29, 0.717) is 45.2 Å².